The van der Waals surface area contributed by atoms with E-state index in [1.54, 1.807) is 0 Å². The molecule has 3 unspecified atom stereocenters. The van der Waals surface area contributed by atoms with Crippen LogP contribution in [-0.4, -0.2) is 49.3 Å². The van der Waals surface area contributed by atoms with Crippen LogP contribution in [-0.2, 0) is 0 Å². The van der Waals surface area contributed by atoms with Crippen LogP contribution in [0.1, 0.15) is 25.7 Å². The zero-order chi connectivity index (χ0) is 10.7. The molecule has 2 aliphatic rings. The van der Waals surface area contributed by atoms with Gasteiger partial charge in [-0.15, -0.1) is 0 Å². The van der Waals surface area contributed by atoms with Gasteiger partial charge in [-0.2, -0.15) is 0 Å². The highest BCUT2D eigenvalue weighted by Crippen LogP contribution is 2.37. The molecule has 3 heteroatoms. The lowest BCUT2D eigenvalue weighted by Gasteiger charge is -2.23. The number of rotatable bonds is 5. The van der Waals surface area contributed by atoms with E-state index in [1.807, 2.05) is 7.05 Å². The number of hydrogen-bond acceptors (Lipinski definition) is 3. The SMILES string of the molecule is CNC(CCO)CN1CC2CCCC2C1. The van der Waals surface area contributed by atoms with E-state index in [1.165, 1.54) is 32.4 Å². The average Bonchev–Trinajstić information content (AvgIpc) is 2.77. The summed E-state index contributed by atoms with van der Waals surface area (Å²) in [5.41, 5.74) is 0. The largest absolute Gasteiger partial charge is 0.396 e. The molecule has 0 amide bonds. The maximum atomic E-state index is 8.94. The third kappa shape index (κ3) is 2.71. The van der Waals surface area contributed by atoms with Crippen molar-refractivity contribution < 1.29 is 5.11 Å². The van der Waals surface area contributed by atoms with Gasteiger partial charge in [0.2, 0.25) is 0 Å². The Hall–Kier alpha value is -0.120. The smallest absolute Gasteiger partial charge is 0.0446 e. The highest BCUT2D eigenvalue weighted by atomic mass is 16.3. The van der Waals surface area contributed by atoms with Crippen molar-refractivity contribution in [3.63, 3.8) is 0 Å². The van der Waals surface area contributed by atoms with Crippen molar-refractivity contribution in [2.75, 3.05) is 33.3 Å². The Balaban J connectivity index is 1.76. The lowest BCUT2D eigenvalue weighted by Crippen LogP contribution is -2.39. The van der Waals surface area contributed by atoms with Crippen molar-refractivity contribution in [2.45, 2.75) is 31.7 Å². The highest BCUT2D eigenvalue weighted by Gasteiger charge is 2.36. The number of hydrogen-bond donors (Lipinski definition) is 2. The minimum Gasteiger partial charge on any atom is -0.396 e. The van der Waals surface area contributed by atoms with Crippen molar-refractivity contribution in [2.24, 2.45) is 11.8 Å². The van der Waals surface area contributed by atoms with Gasteiger partial charge in [0, 0.05) is 32.3 Å². The molecule has 0 radical (unpaired) electrons. The second-order valence-corrected chi connectivity index (χ2v) is 5.17. The zero-order valence-electron chi connectivity index (χ0n) is 9.78. The molecule has 2 rings (SSSR count). The molecule has 1 saturated carbocycles. The standard InChI is InChI=1S/C12H24N2O/c1-13-12(5-6-15)9-14-7-10-3-2-4-11(10)8-14/h10-13,15H,2-9H2,1H3. The monoisotopic (exact) mass is 212 g/mol. The minimum atomic E-state index is 0.298. The van der Waals surface area contributed by atoms with Crippen LogP contribution in [0.4, 0.5) is 0 Å². The fraction of sp³-hybridized carbons (Fsp3) is 1.00. The topological polar surface area (TPSA) is 35.5 Å². The number of likely N-dealkylation sites (tertiary alicyclic amines) is 1. The summed E-state index contributed by atoms with van der Waals surface area (Å²) in [4.78, 5) is 2.59. The zero-order valence-corrected chi connectivity index (χ0v) is 9.78. The second-order valence-electron chi connectivity index (χ2n) is 5.17. The molecular weight excluding hydrogens is 188 g/mol. The number of likely N-dealkylation sites (N-methyl/N-ethyl adjacent to an activating group) is 1. The molecule has 0 aromatic rings. The van der Waals surface area contributed by atoms with Crippen LogP contribution in [0.5, 0.6) is 0 Å². The summed E-state index contributed by atoms with van der Waals surface area (Å²) >= 11 is 0. The summed E-state index contributed by atoms with van der Waals surface area (Å²) in [5.74, 6) is 1.97. The fourth-order valence-electron chi connectivity index (χ4n) is 3.28. The Labute approximate surface area is 92.8 Å². The molecule has 0 aromatic carbocycles. The first-order chi connectivity index (χ1) is 7.33. The summed E-state index contributed by atoms with van der Waals surface area (Å²) in [6, 6.07) is 0.467. The predicted molar refractivity (Wildman–Crippen MR) is 61.8 cm³/mol. The number of aliphatic hydroxyl groups is 1. The Morgan fingerprint density at radius 1 is 1.33 bits per heavy atom. The third-order valence-electron chi connectivity index (χ3n) is 4.17. The van der Waals surface area contributed by atoms with Crippen molar-refractivity contribution in [3.05, 3.63) is 0 Å². The van der Waals surface area contributed by atoms with Gasteiger partial charge in [-0.1, -0.05) is 6.42 Å². The molecule has 1 heterocycles. The molecule has 1 aliphatic heterocycles. The lowest BCUT2D eigenvalue weighted by molar-refractivity contribution is 0.226. The summed E-state index contributed by atoms with van der Waals surface area (Å²) in [7, 11) is 2.00. The van der Waals surface area contributed by atoms with Crippen molar-refractivity contribution in [3.8, 4) is 0 Å². The Kier molecular flexibility index (Phi) is 4.00. The quantitative estimate of drug-likeness (QED) is 0.704. The van der Waals surface area contributed by atoms with E-state index in [4.69, 9.17) is 5.11 Å². The summed E-state index contributed by atoms with van der Waals surface area (Å²) in [6.07, 6.45) is 5.23. The van der Waals surface area contributed by atoms with Crippen LogP contribution < -0.4 is 5.32 Å². The number of aliphatic hydroxyl groups excluding tert-OH is 1. The Bertz CT molecular complexity index is 186. The van der Waals surface area contributed by atoms with Gasteiger partial charge in [0.1, 0.15) is 0 Å². The van der Waals surface area contributed by atoms with E-state index in [0.717, 1.165) is 24.8 Å². The molecule has 3 atom stereocenters. The average molecular weight is 212 g/mol. The summed E-state index contributed by atoms with van der Waals surface area (Å²) in [6.45, 7) is 4.01. The van der Waals surface area contributed by atoms with Crippen LogP contribution in [0, 0.1) is 11.8 Å². The van der Waals surface area contributed by atoms with Gasteiger partial charge in [-0.25, -0.2) is 0 Å². The predicted octanol–water partition coefficient (Wildman–Crippen LogP) is 0.689. The van der Waals surface area contributed by atoms with Gasteiger partial charge < -0.3 is 15.3 Å². The molecule has 88 valence electrons. The van der Waals surface area contributed by atoms with Crippen LogP contribution in [0.3, 0.4) is 0 Å². The highest BCUT2D eigenvalue weighted by molar-refractivity contribution is 4.89. The first kappa shape index (κ1) is 11.4. The van der Waals surface area contributed by atoms with E-state index >= 15 is 0 Å². The first-order valence-corrected chi connectivity index (χ1v) is 6.34. The van der Waals surface area contributed by atoms with E-state index < -0.39 is 0 Å². The van der Waals surface area contributed by atoms with Crippen molar-refractivity contribution in [1.82, 2.24) is 10.2 Å². The van der Waals surface area contributed by atoms with Gasteiger partial charge in [0.05, 0.1) is 0 Å². The molecule has 3 nitrogen and oxygen atoms in total. The van der Waals surface area contributed by atoms with Crippen molar-refractivity contribution >= 4 is 0 Å². The van der Waals surface area contributed by atoms with Crippen LogP contribution in [0.15, 0.2) is 0 Å². The molecule has 0 bridgehead atoms. The maximum Gasteiger partial charge on any atom is 0.0446 e. The van der Waals surface area contributed by atoms with Gasteiger partial charge in [0.25, 0.3) is 0 Å². The van der Waals surface area contributed by atoms with E-state index in [-0.39, 0.29) is 0 Å². The molecule has 2 fully saturated rings. The second kappa shape index (κ2) is 5.28. The Morgan fingerprint density at radius 3 is 2.53 bits per heavy atom. The normalized spacial score (nSPS) is 33.2. The van der Waals surface area contributed by atoms with E-state index in [0.29, 0.717) is 12.6 Å². The molecule has 1 aliphatic carbocycles. The van der Waals surface area contributed by atoms with Gasteiger partial charge >= 0.3 is 0 Å². The molecule has 1 saturated heterocycles. The number of fused-ring (bicyclic) bond motifs is 1. The first-order valence-electron chi connectivity index (χ1n) is 6.34. The van der Waals surface area contributed by atoms with E-state index in [9.17, 15) is 0 Å². The minimum absolute atomic E-state index is 0.298. The molecule has 0 spiro atoms. The Morgan fingerprint density at radius 2 is 2.00 bits per heavy atom. The third-order valence-corrected chi connectivity index (χ3v) is 4.17. The van der Waals surface area contributed by atoms with Crippen LogP contribution in [0.25, 0.3) is 0 Å². The molecule has 2 N–H and O–H groups in total. The van der Waals surface area contributed by atoms with E-state index in [2.05, 4.69) is 10.2 Å². The van der Waals surface area contributed by atoms with Gasteiger partial charge in [-0.3, -0.25) is 0 Å². The lowest BCUT2D eigenvalue weighted by atomic mass is 10.0. The van der Waals surface area contributed by atoms with Crippen LogP contribution >= 0.6 is 0 Å². The van der Waals surface area contributed by atoms with Crippen molar-refractivity contribution in [1.29, 1.82) is 0 Å². The van der Waals surface area contributed by atoms with Gasteiger partial charge in [0.15, 0.2) is 0 Å². The van der Waals surface area contributed by atoms with Crippen LogP contribution in [0.2, 0.25) is 0 Å². The van der Waals surface area contributed by atoms with Gasteiger partial charge in [-0.05, 0) is 38.1 Å². The maximum absolute atomic E-state index is 8.94. The molecular formula is C12H24N2O. The summed E-state index contributed by atoms with van der Waals surface area (Å²) < 4.78 is 0. The molecule has 15 heavy (non-hydrogen) atoms. The fourth-order valence-corrected chi connectivity index (χ4v) is 3.28. The number of nitrogens with zero attached hydrogens (tertiary/aromatic N) is 1. The summed E-state index contributed by atoms with van der Waals surface area (Å²) in [5, 5.41) is 12.2. The molecule has 0 aromatic heterocycles. The number of nitrogens with one attached hydrogen (secondary N) is 1.